The SMILES string of the molecule is CC1CN(C(CN)c2cccnc2)CC(C)S1. The summed E-state index contributed by atoms with van der Waals surface area (Å²) in [7, 11) is 0. The molecule has 1 aliphatic rings. The largest absolute Gasteiger partial charge is 0.329 e. The molecule has 2 heterocycles. The first-order chi connectivity index (χ1) is 8.20. The third-order valence-corrected chi connectivity index (χ3v) is 4.41. The van der Waals surface area contributed by atoms with E-state index in [9.17, 15) is 0 Å². The first-order valence-electron chi connectivity index (χ1n) is 6.20. The summed E-state index contributed by atoms with van der Waals surface area (Å²) in [6.45, 7) is 7.49. The molecule has 1 fully saturated rings. The molecular weight excluding hydrogens is 230 g/mol. The van der Waals surface area contributed by atoms with Gasteiger partial charge in [-0.15, -0.1) is 0 Å². The van der Waals surface area contributed by atoms with Gasteiger partial charge in [-0.25, -0.2) is 0 Å². The molecule has 1 aromatic rings. The number of hydrogen-bond acceptors (Lipinski definition) is 4. The van der Waals surface area contributed by atoms with Crippen LogP contribution in [0.3, 0.4) is 0 Å². The van der Waals surface area contributed by atoms with Crippen LogP contribution < -0.4 is 5.73 Å². The van der Waals surface area contributed by atoms with Crippen LogP contribution in [0, 0.1) is 0 Å². The molecule has 4 heteroatoms. The lowest BCUT2D eigenvalue weighted by atomic mass is 10.1. The Labute approximate surface area is 108 Å². The Kier molecular flexibility index (Phi) is 4.42. The minimum Gasteiger partial charge on any atom is -0.329 e. The lowest BCUT2D eigenvalue weighted by Crippen LogP contribution is -2.44. The van der Waals surface area contributed by atoms with E-state index >= 15 is 0 Å². The molecule has 0 aromatic carbocycles. The van der Waals surface area contributed by atoms with Crippen LogP contribution in [0.2, 0.25) is 0 Å². The van der Waals surface area contributed by atoms with E-state index in [-0.39, 0.29) is 0 Å². The van der Waals surface area contributed by atoms with Gasteiger partial charge in [-0.05, 0) is 11.6 Å². The number of nitrogens with zero attached hydrogens (tertiary/aromatic N) is 2. The molecule has 2 rings (SSSR count). The van der Waals surface area contributed by atoms with Crippen LogP contribution in [0.5, 0.6) is 0 Å². The number of rotatable bonds is 3. The number of pyridine rings is 1. The van der Waals surface area contributed by atoms with Gasteiger partial charge in [0.05, 0.1) is 0 Å². The Morgan fingerprint density at radius 1 is 1.47 bits per heavy atom. The molecule has 3 unspecified atom stereocenters. The molecule has 0 radical (unpaired) electrons. The number of nitrogens with two attached hydrogens (primary N) is 1. The van der Waals surface area contributed by atoms with E-state index in [1.165, 1.54) is 5.56 Å². The summed E-state index contributed by atoms with van der Waals surface area (Å²) in [5, 5.41) is 1.37. The standard InChI is InChI=1S/C13H21N3S/c1-10-8-16(9-11(2)17-10)13(6-14)12-4-3-5-15-7-12/h3-5,7,10-11,13H,6,8-9,14H2,1-2H3. The number of thioether (sulfide) groups is 1. The van der Waals surface area contributed by atoms with Gasteiger partial charge >= 0.3 is 0 Å². The maximum absolute atomic E-state index is 5.95. The van der Waals surface area contributed by atoms with Gasteiger partial charge < -0.3 is 5.73 Å². The van der Waals surface area contributed by atoms with Crippen molar-refractivity contribution in [2.24, 2.45) is 5.73 Å². The zero-order valence-corrected chi connectivity index (χ0v) is 11.4. The van der Waals surface area contributed by atoms with Crippen LogP contribution in [0.1, 0.15) is 25.5 Å². The zero-order valence-electron chi connectivity index (χ0n) is 10.5. The first kappa shape index (κ1) is 12.9. The Hall–Kier alpha value is -0.580. The van der Waals surface area contributed by atoms with Crippen molar-refractivity contribution in [1.29, 1.82) is 0 Å². The van der Waals surface area contributed by atoms with Crippen LogP contribution in [-0.2, 0) is 0 Å². The third kappa shape index (κ3) is 3.21. The fraction of sp³-hybridized carbons (Fsp3) is 0.615. The summed E-state index contributed by atoms with van der Waals surface area (Å²) < 4.78 is 0. The van der Waals surface area contributed by atoms with Crippen molar-refractivity contribution in [2.45, 2.75) is 30.4 Å². The molecule has 0 bridgehead atoms. The smallest absolute Gasteiger partial charge is 0.0486 e. The monoisotopic (exact) mass is 251 g/mol. The van der Waals surface area contributed by atoms with Crippen molar-refractivity contribution >= 4 is 11.8 Å². The number of hydrogen-bond donors (Lipinski definition) is 1. The van der Waals surface area contributed by atoms with Crippen molar-refractivity contribution in [2.75, 3.05) is 19.6 Å². The van der Waals surface area contributed by atoms with Gasteiger partial charge in [0.2, 0.25) is 0 Å². The first-order valence-corrected chi connectivity index (χ1v) is 7.14. The van der Waals surface area contributed by atoms with Gasteiger partial charge in [0.1, 0.15) is 0 Å². The summed E-state index contributed by atoms with van der Waals surface area (Å²) in [4.78, 5) is 6.70. The van der Waals surface area contributed by atoms with E-state index < -0.39 is 0 Å². The highest BCUT2D eigenvalue weighted by Gasteiger charge is 2.27. The van der Waals surface area contributed by atoms with Crippen molar-refractivity contribution < 1.29 is 0 Å². The second-order valence-electron chi connectivity index (χ2n) is 4.75. The predicted molar refractivity (Wildman–Crippen MR) is 74.1 cm³/mol. The average molecular weight is 251 g/mol. The van der Waals surface area contributed by atoms with E-state index in [0.717, 1.165) is 13.1 Å². The molecule has 0 saturated carbocycles. The average Bonchev–Trinajstić information content (AvgIpc) is 2.30. The highest BCUT2D eigenvalue weighted by molar-refractivity contribution is 8.00. The van der Waals surface area contributed by atoms with Gasteiger partial charge in [-0.3, -0.25) is 9.88 Å². The lowest BCUT2D eigenvalue weighted by Gasteiger charge is -2.39. The fourth-order valence-electron chi connectivity index (χ4n) is 2.54. The highest BCUT2D eigenvalue weighted by atomic mass is 32.2. The zero-order chi connectivity index (χ0) is 12.3. The third-order valence-electron chi connectivity index (χ3n) is 3.18. The lowest BCUT2D eigenvalue weighted by molar-refractivity contribution is 0.199. The van der Waals surface area contributed by atoms with E-state index in [0.29, 0.717) is 23.1 Å². The van der Waals surface area contributed by atoms with Gasteiger partial charge in [0.15, 0.2) is 0 Å². The van der Waals surface area contributed by atoms with Crippen LogP contribution in [0.4, 0.5) is 0 Å². The fourth-order valence-corrected chi connectivity index (χ4v) is 3.89. The second kappa shape index (κ2) is 5.85. The molecule has 2 N–H and O–H groups in total. The minimum absolute atomic E-state index is 0.314. The van der Waals surface area contributed by atoms with Crippen molar-refractivity contribution in [3.05, 3.63) is 30.1 Å². The summed E-state index contributed by atoms with van der Waals surface area (Å²) in [6, 6.07) is 4.43. The molecule has 1 aromatic heterocycles. The molecular formula is C13H21N3S. The summed E-state index contributed by atoms with van der Waals surface area (Å²) >= 11 is 2.07. The number of aromatic nitrogens is 1. The van der Waals surface area contributed by atoms with E-state index in [2.05, 4.69) is 41.6 Å². The Balaban J connectivity index is 2.13. The van der Waals surface area contributed by atoms with Crippen LogP contribution in [-0.4, -0.2) is 40.0 Å². The predicted octanol–water partition coefficient (Wildman–Crippen LogP) is 1.91. The highest BCUT2D eigenvalue weighted by Crippen LogP contribution is 2.30. The summed E-state index contributed by atoms with van der Waals surface area (Å²) in [5.74, 6) is 0. The molecule has 1 aliphatic heterocycles. The molecule has 1 saturated heterocycles. The van der Waals surface area contributed by atoms with Crippen molar-refractivity contribution in [3.8, 4) is 0 Å². The Morgan fingerprint density at radius 2 is 2.18 bits per heavy atom. The Morgan fingerprint density at radius 3 is 2.71 bits per heavy atom. The molecule has 3 atom stereocenters. The summed E-state index contributed by atoms with van der Waals surface area (Å²) in [5.41, 5.74) is 7.19. The normalized spacial score (nSPS) is 27.9. The quantitative estimate of drug-likeness (QED) is 0.891. The van der Waals surface area contributed by atoms with Gasteiger partial charge in [0, 0.05) is 48.6 Å². The molecule has 94 valence electrons. The molecule has 0 amide bonds. The maximum Gasteiger partial charge on any atom is 0.0486 e. The maximum atomic E-state index is 5.95. The van der Waals surface area contributed by atoms with Crippen LogP contribution in [0.15, 0.2) is 24.5 Å². The van der Waals surface area contributed by atoms with Gasteiger partial charge in [-0.2, -0.15) is 11.8 Å². The summed E-state index contributed by atoms with van der Waals surface area (Å²) in [6.07, 6.45) is 3.75. The van der Waals surface area contributed by atoms with E-state index in [1.807, 2.05) is 18.5 Å². The topological polar surface area (TPSA) is 42.1 Å². The molecule has 3 nitrogen and oxygen atoms in total. The van der Waals surface area contributed by atoms with E-state index in [1.54, 1.807) is 0 Å². The van der Waals surface area contributed by atoms with Crippen molar-refractivity contribution in [3.63, 3.8) is 0 Å². The second-order valence-corrected chi connectivity index (χ2v) is 6.63. The molecule has 0 aliphatic carbocycles. The van der Waals surface area contributed by atoms with Gasteiger partial charge in [0.25, 0.3) is 0 Å². The van der Waals surface area contributed by atoms with Crippen LogP contribution >= 0.6 is 11.8 Å². The van der Waals surface area contributed by atoms with E-state index in [4.69, 9.17) is 5.73 Å². The van der Waals surface area contributed by atoms with Crippen LogP contribution in [0.25, 0.3) is 0 Å². The minimum atomic E-state index is 0.314. The van der Waals surface area contributed by atoms with Crippen molar-refractivity contribution in [1.82, 2.24) is 9.88 Å². The van der Waals surface area contributed by atoms with Gasteiger partial charge in [-0.1, -0.05) is 19.9 Å². The molecule has 0 spiro atoms. The molecule has 17 heavy (non-hydrogen) atoms. The Bertz CT molecular complexity index is 334.